The first-order valence-electron chi connectivity index (χ1n) is 20.9. The van der Waals surface area contributed by atoms with Crippen molar-refractivity contribution in [1.82, 2.24) is 23.9 Å². The number of nitrogens with zero attached hydrogens (tertiary/aromatic N) is 5. The first kappa shape index (κ1) is 34.4. The fraction of sp³-hybridized carbons (Fsp3) is 0. The Labute approximate surface area is 355 Å². The van der Waals surface area contributed by atoms with Gasteiger partial charge in [-0.2, -0.15) is 0 Å². The van der Waals surface area contributed by atoms with E-state index in [1.54, 1.807) is 0 Å². The van der Waals surface area contributed by atoms with Gasteiger partial charge < -0.3 is 13.6 Å². The molecule has 4 aromatic heterocycles. The normalized spacial score (nSPS) is 11.9. The topological polar surface area (TPSA) is 53.7 Å². The molecule has 290 valence electrons. The Hall–Kier alpha value is -8.48. The molecule has 0 atom stereocenters. The second-order valence-electron chi connectivity index (χ2n) is 15.8. The summed E-state index contributed by atoms with van der Waals surface area (Å²) in [4.78, 5) is 0. The fourth-order valence-corrected chi connectivity index (χ4v) is 9.81. The van der Waals surface area contributed by atoms with Gasteiger partial charge in [-0.25, -0.2) is 0 Å². The molecule has 0 aliphatic carbocycles. The van der Waals surface area contributed by atoms with Crippen molar-refractivity contribution in [2.24, 2.45) is 0 Å². The van der Waals surface area contributed by atoms with Crippen LogP contribution in [0.3, 0.4) is 0 Å². The molecule has 0 radical (unpaired) electrons. The van der Waals surface area contributed by atoms with Gasteiger partial charge in [0.2, 0.25) is 0 Å². The molecule has 0 aliphatic heterocycles. The highest BCUT2D eigenvalue weighted by Crippen LogP contribution is 2.45. The molecule has 0 amide bonds. The summed E-state index contributed by atoms with van der Waals surface area (Å²) in [5, 5.41) is 16.8. The Morgan fingerprint density at radius 1 is 0.323 bits per heavy atom. The molecule has 6 nitrogen and oxygen atoms in total. The number of furan rings is 1. The van der Waals surface area contributed by atoms with E-state index in [-0.39, 0.29) is 0 Å². The molecule has 4 heterocycles. The van der Waals surface area contributed by atoms with Crippen LogP contribution in [0.25, 0.3) is 117 Å². The molecule has 0 N–H and O–H groups in total. The van der Waals surface area contributed by atoms with Gasteiger partial charge in [0.05, 0.1) is 38.8 Å². The number of aromatic nitrogens is 5. The third-order valence-corrected chi connectivity index (χ3v) is 12.4. The predicted molar refractivity (Wildman–Crippen MR) is 254 cm³/mol. The number of benzene rings is 9. The zero-order chi connectivity index (χ0) is 40.7. The van der Waals surface area contributed by atoms with Gasteiger partial charge in [0.1, 0.15) is 11.2 Å². The van der Waals surface area contributed by atoms with Gasteiger partial charge in [-0.1, -0.05) is 152 Å². The lowest BCUT2D eigenvalue weighted by molar-refractivity contribution is 0.669. The standard InChI is InChI=1S/C56H35N5O/c1-3-18-36(19-4-1)55-57-58-56(59(55)37-20-5-2-6-21-37)45-28-17-27-42-40-24-9-14-31-48(40)60(53(42)45)46-29-12-7-22-38(46)39-23-8-13-30-47(39)61-49-32-15-10-25-41(49)43-34-35-51-52(54(43)61)44-26-11-16-33-50(44)62-51/h1-35H. The highest BCUT2D eigenvalue weighted by Gasteiger charge is 2.26. The second-order valence-corrected chi connectivity index (χ2v) is 15.8. The van der Waals surface area contributed by atoms with E-state index in [1.807, 2.05) is 30.3 Å². The molecule has 0 saturated carbocycles. The SMILES string of the molecule is c1ccc(-c2nnc(-c3cccc4c5ccccc5n(-c5ccccc5-c5ccccc5-n5c6ccccc6c6ccc7oc8ccccc8c7c65)c34)n2-c2ccccc2)cc1. The summed E-state index contributed by atoms with van der Waals surface area (Å²) in [7, 11) is 0. The maximum atomic E-state index is 6.50. The van der Waals surface area contributed by atoms with Crippen LogP contribution in [0.1, 0.15) is 0 Å². The maximum absolute atomic E-state index is 6.50. The third-order valence-electron chi connectivity index (χ3n) is 12.4. The molecular weight excluding hydrogens is 759 g/mol. The summed E-state index contributed by atoms with van der Waals surface area (Å²) in [6, 6.07) is 75.0. The van der Waals surface area contributed by atoms with Crippen molar-refractivity contribution < 1.29 is 4.42 Å². The molecular formula is C56H35N5O. The lowest BCUT2D eigenvalue weighted by Gasteiger charge is -2.19. The summed E-state index contributed by atoms with van der Waals surface area (Å²) in [6.45, 7) is 0. The summed E-state index contributed by atoms with van der Waals surface area (Å²) >= 11 is 0. The van der Waals surface area contributed by atoms with E-state index < -0.39 is 0 Å². The van der Waals surface area contributed by atoms with Crippen molar-refractivity contribution in [2.75, 3.05) is 0 Å². The van der Waals surface area contributed by atoms with Gasteiger partial charge in [0, 0.05) is 54.9 Å². The van der Waals surface area contributed by atoms with Crippen LogP contribution in [-0.2, 0) is 0 Å². The van der Waals surface area contributed by atoms with Crippen molar-refractivity contribution in [3.05, 3.63) is 212 Å². The third kappa shape index (κ3) is 4.98. The first-order valence-corrected chi connectivity index (χ1v) is 20.9. The largest absolute Gasteiger partial charge is 0.456 e. The van der Waals surface area contributed by atoms with Crippen LogP contribution in [0.15, 0.2) is 217 Å². The molecule has 0 unspecified atom stereocenters. The van der Waals surface area contributed by atoms with E-state index in [2.05, 4.69) is 196 Å². The van der Waals surface area contributed by atoms with Crippen LogP contribution < -0.4 is 0 Å². The van der Waals surface area contributed by atoms with Crippen LogP contribution in [0, 0.1) is 0 Å². The molecule has 0 saturated heterocycles. The molecule has 62 heavy (non-hydrogen) atoms. The minimum atomic E-state index is 0.768. The molecule has 0 spiro atoms. The minimum Gasteiger partial charge on any atom is -0.456 e. The minimum absolute atomic E-state index is 0.768. The Morgan fingerprint density at radius 3 is 1.55 bits per heavy atom. The van der Waals surface area contributed by atoms with Gasteiger partial charge in [0.25, 0.3) is 0 Å². The van der Waals surface area contributed by atoms with E-state index in [1.165, 1.54) is 10.8 Å². The molecule has 13 rings (SSSR count). The van der Waals surface area contributed by atoms with Crippen LogP contribution in [0.4, 0.5) is 0 Å². The Morgan fingerprint density at radius 2 is 0.839 bits per heavy atom. The number of rotatable bonds is 6. The van der Waals surface area contributed by atoms with Crippen molar-refractivity contribution >= 4 is 65.6 Å². The fourth-order valence-electron chi connectivity index (χ4n) is 9.81. The molecule has 0 aliphatic rings. The quantitative estimate of drug-likeness (QED) is 0.168. The van der Waals surface area contributed by atoms with Crippen molar-refractivity contribution in [2.45, 2.75) is 0 Å². The average molecular weight is 794 g/mol. The van der Waals surface area contributed by atoms with Gasteiger partial charge in [0.15, 0.2) is 11.6 Å². The number of hydrogen-bond acceptors (Lipinski definition) is 3. The monoisotopic (exact) mass is 793 g/mol. The Kier molecular flexibility index (Phi) is 7.50. The van der Waals surface area contributed by atoms with Crippen molar-refractivity contribution in [3.63, 3.8) is 0 Å². The van der Waals surface area contributed by atoms with Crippen LogP contribution in [0.5, 0.6) is 0 Å². The first-order chi connectivity index (χ1) is 30.8. The van der Waals surface area contributed by atoms with Crippen molar-refractivity contribution in [3.8, 4) is 51.0 Å². The van der Waals surface area contributed by atoms with E-state index in [0.717, 1.165) is 106 Å². The van der Waals surface area contributed by atoms with Crippen LogP contribution in [0.2, 0.25) is 0 Å². The smallest absolute Gasteiger partial charge is 0.171 e. The van der Waals surface area contributed by atoms with Gasteiger partial charge in [-0.3, -0.25) is 4.57 Å². The van der Waals surface area contributed by atoms with Gasteiger partial charge in [-0.15, -0.1) is 10.2 Å². The molecule has 6 heteroatoms. The highest BCUT2D eigenvalue weighted by atomic mass is 16.3. The van der Waals surface area contributed by atoms with E-state index >= 15 is 0 Å². The van der Waals surface area contributed by atoms with Crippen LogP contribution in [-0.4, -0.2) is 23.9 Å². The molecule has 0 fully saturated rings. The van der Waals surface area contributed by atoms with E-state index in [9.17, 15) is 0 Å². The van der Waals surface area contributed by atoms with E-state index in [0.29, 0.717) is 0 Å². The van der Waals surface area contributed by atoms with Crippen LogP contribution >= 0.6 is 0 Å². The summed E-state index contributed by atoms with van der Waals surface area (Å²) in [6.07, 6.45) is 0. The lowest BCUT2D eigenvalue weighted by atomic mass is 10.0. The zero-order valence-corrected chi connectivity index (χ0v) is 33.4. The summed E-state index contributed by atoms with van der Waals surface area (Å²) in [5.41, 5.74) is 13.5. The Balaban J connectivity index is 1.11. The lowest BCUT2D eigenvalue weighted by Crippen LogP contribution is -2.04. The van der Waals surface area contributed by atoms with Gasteiger partial charge >= 0.3 is 0 Å². The number of hydrogen-bond donors (Lipinski definition) is 0. The maximum Gasteiger partial charge on any atom is 0.171 e. The average Bonchev–Trinajstić information content (AvgIpc) is 4.12. The predicted octanol–water partition coefficient (Wildman–Crippen LogP) is 14.4. The number of fused-ring (bicyclic) bond motifs is 10. The number of para-hydroxylation sites is 7. The van der Waals surface area contributed by atoms with E-state index in [4.69, 9.17) is 14.6 Å². The Bertz CT molecular complexity index is 3870. The van der Waals surface area contributed by atoms with Crippen molar-refractivity contribution in [1.29, 1.82) is 0 Å². The zero-order valence-electron chi connectivity index (χ0n) is 33.4. The van der Waals surface area contributed by atoms with Gasteiger partial charge in [-0.05, 0) is 60.7 Å². The summed E-state index contributed by atoms with van der Waals surface area (Å²) < 4.78 is 13.6. The highest BCUT2D eigenvalue weighted by molar-refractivity contribution is 6.24. The summed E-state index contributed by atoms with van der Waals surface area (Å²) in [5.74, 6) is 1.55. The molecule has 9 aromatic carbocycles. The second kappa shape index (κ2) is 13.5. The molecule has 0 bridgehead atoms. The molecule has 13 aromatic rings.